The summed E-state index contributed by atoms with van der Waals surface area (Å²) in [5.74, 6) is -0.312. The molecule has 34 heavy (non-hydrogen) atoms. The second kappa shape index (κ2) is 10.1. The first kappa shape index (κ1) is 24.4. The molecule has 0 spiro atoms. The smallest absolute Gasteiger partial charge is 0.416 e. The van der Waals surface area contributed by atoms with Gasteiger partial charge in [-0.15, -0.1) is 0 Å². The standard InChI is InChI=1S/C23H20F3N3O5/c1-13-9-14(3-5-19(13)34-16-7-8-27-18(11-16)21(30)31)12-28-22(32)29-17-10-15(23(24,25)26)4-6-20(17)33-2/h3-11H,12H2,1-2H3,(H,30,31)(H2,28,29,32). The summed E-state index contributed by atoms with van der Waals surface area (Å²) in [6.07, 6.45) is -3.24. The lowest BCUT2D eigenvalue weighted by molar-refractivity contribution is -0.137. The minimum Gasteiger partial charge on any atom is -0.495 e. The van der Waals surface area contributed by atoms with Crippen LogP contribution in [0.4, 0.5) is 23.7 Å². The third-order valence-electron chi connectivity index (χ3n) is 4.65. The third-order valence-corrected chi connectivity index (χ3v) is 4.65. The summed E-state index contributed by atoms with van der Waals surface area (Å²) in [7, 11) is 1.28. The molecule has 3 N–H and O–H groups in total. The van der Waals surface area contributed by atoms with Crippen LogP contribution in [-0.4, -0.2) is 29.2 Å². The predicted molar refractivity (Wildman–Crippen MR) is 116 cm³/mol. The molecular formula is C23H20F3N3O5. The largest absolute Gasteiger partial charge is 0.495 e. The van der Waals surface area contributed by atoms with E-state index in [-0.39, 0.29) is 23.7 Å². The predicted octanol–water partition coefficient (Wildman–Crippen LogP) is 5.23. The topological polar surface area (TPSA) is 110 Å². The highest BCUT2D eigenvalue weighted by Crippen LogP contribution is 2.35. The van der Waals surface area contributed by atoms with E-state index in [1.54, 1.807) is 25.1 Å². The number of carboxylic acids is 1. The number of hydrogen-bond donors (Lipinski definition) is 3. The van der Waals surface area contributed by atoms with Gasteiger partial charge in [-0.2, -0.15) is 13.2 Å². The Hall–Kier alpha value is -4.28. The lowest BCUT2D eigenvalue weighted by Crippen LogP contribution is -2.28. The van der Waals surface area contributed by atoms with Gasteiger partial charge in [0.15, 0.2) is 5.69 Å². The number of halogens is 3. The molecule has 0 aliphatic rings. The third kappa shape index (κ3) is 6.15. The van der Waals surface area contributed by atoms with Gasteiger partial charge >= 0.3 is 18.2 Å². The highest BCUT2D eigenvalue weighted by molar-refractivity contribution is 5.91. The molecule has 0 unspecified atom stereocenters. The van der Waals surface area contributed by atoms with Gasteiger partial charge in [-0.3, -0.25) is 0 Å². The van der Waals surface area contributed by atoms with Crippen LogP contribution >= 0.6 is 0 Å². The van der Waals surface area contributed by atoms with Crippen LogP contribution in [0.15, 0.2) is 54.7 Å². The molecule has 11 heteroatoms. The maximum absolute atomic E-state index is 13.0. The van der Waals surface area contributed by atoms with E-state index >= 15 is 0 Å². The van der Waals surface area contributed by atoms with Crippen molar-refractivity contribution in [2.45, 2.75) is 19.6 Å². The summed E-state index contributed by atoms with van der Waals surface area (Å²) < 4.78 is 49.6. The van der Waals surface area contributed by atoms with Crippen LogP contribution in [0.3, 0.4) is 0 Å². The van der Waals surface area contributed by atoms with Crippen molar-refractivity contribution in [3.8, 4) is 17.2 Å². The summed E-state index contributed by atoms with van der Waals surface area (Å²) in [6.45, 7) is 1.86. The summed E-state index contributed by atoms with van der Waals surface area (Å²) in [5, 5.41) is 14.0. The molecule has 0 bridgehead atoms. The zero-order chi connectivity index (χ0) is 24.9. The summed E-state index contributed by atoms with van der Waals surface area (Å²) >= 11 is 0. The molecule has 0 atom stereocenters. The fourth-order valence-electron chi connectivity index (χ4n) is 2.99. The number of carboxylic acid groups (broad SMARTS) is 1. The molecule has 178 valence electrons. The van der Waals surface area contributed by atoms with E-state index in [9.17, 15) is 22.8 Å². The van der Waals surface area contributed by atoms with E-state index in [2.05, 4.69) is 15.6 Å². The Kier molecular flexibility index (Phi) is 7.24. The number of nitrogens with zero attached hydrogens (tertiary/aromatic N) is 1. The number of anilines is 1. The molecule has 2 aromatic carbocycles. The molecule has 3 aromatic rings. The number of amides is 2. The van der Waals surface area contributed by atoms with E-state index in [1.165, 1.54) is 25.4 Å². The number of aromatic nitrogens is 1. The number of aromatic carboxylic acids is 1. The summed E-state index contributed by atoms with van der Waals surface area (Å²) in [5.41, 5.74) is 0.233. The zero-order valence-electron chi connectivity index (χ0n) is 18.1. The van der Waals surface area contributed by atoms with Crippen LogP contribution < -0.4 is 20.1 Å². The van der Waals surface area contributed by atoms with Gasteiger partial charge in [0, 0.05) is 18.8 Å². The van der Waals surface area contributed by atoms with Crippen molar-refractivity contribution in [3.05, 3.63) is 77.1 Å². The highest BCUT2D eigenvalue weighted by atomic mass is 19.4. The number of ether oxygens (including phenoxy) is 2. The molecule has 1 heterocycles. The van der Waals surface area contributed by atoms with Crippen molar-refractivity contribution in [1.82, 2.24) is 10.3 Å². The molecule has 1 aromatic heterocycles. The van der Waals surface area contributed by atoms with Crippen molar-refractivity contribution in [1.29, 1.82) is 0 Å². The molecule has 2 amide bonds. The number of pyridine rings is 1. The molecule has 8 nitrogen and oxygen atoms in total. The van der Waals surface area contributed by atoms with Crippen LogP contribution in [0.1, 0.15) is 27.2 Å². The summed E-state index contributed by atoms with van der Waals surface area (Å²) in [6, 6.07) is 9.98. The molecule has 0 saturated heterocycles. The number of nitrogens with one attached hydrogen (secondary N) is 2. The maximum Gasteiger partial charge on any atom is 0.416 e. The van der Waals surface area contributed by atoms with E-state index in [0.717, 1.165) is 18.2 Å². The van der Waals surface area contributed by atoms with Gasteiger partial charge in [0.2, 0.25) is 0 Å². The number of aryl methyl sites for hydroxylation is 1. The monoisotopic (exact) mass is 475 g/mol. The number of urea groups is 1. The molecule has 0 aliphatic carbocycles. The molecular weight excluding hydrogens is 455 g/mol. The number of benzene rings is 2. The van der Waals surface area contributed by atoms with Gasteiger partial charge in [-0.1, -0.05) is 12.1 Å². The first-order valence-corrected chi connectivity index (χ1v) is 9.83. The van der Waals surface area contributed by atoms with Crippen molar-refractivity contribution in [3.63, 3.8) is 0 Å². The van der Waals surface area contributed by atoms with Gasteiger partial charge in [-0.25, -0.2) is 14.6 Å². The average Bonchev–Trinajstić information content (AvgIpc) is 2.79. The first-order chi connectivity index (χ1) is 16.1. The molecule has 3 rings (SSSR count). The van der Waals surface area contributed by atoms with Crippen LogP contribution in [-0.2, 0) is 12.7 Å². The second-order valence-corrected chi connectivity index (χ2v) is 7.10. The van der Waals surface area contributed by atoms with Gasteiger partial charge in [0.05, 0.1) is 18.4 Å². The van der Waals surface area contributed by atoms with Crippen LogP contribution in [0.2, 0.25) is 0 Å². The zero-order valence-corrected chi connectivity index (χ0v) is 18.1. The molecule has 0 fully saturated rings. The number of alkyl halides is 3. The lowest BCUT2D eigenvalue weighted by Gasteiger charge is -2.15. The Morgan fingerprint density at radius 1 is 1.06 bits per heavy atom. The normalized spacial score (nSPS) is 11.0. The van der Waals surface area contributed by atoms with Crippen LogP contribution in [0.5, 0.6) is 17.2 Å². The lowest BCUT2D eigenvalue weighted by atomic mass is 10.1. The fourth-order valence-corrected chi connectivity index (χ4v) is 2.99. The Morgan fingerprint density at radius 3 is 2.44 bits per heavy atom. The Balaban J connectivity index is 1.64. The minimum absolute atomic E-state index is 0.0858. The minimum atomic E-state index is -4.56. The van der Waals surface area contributed by atoms with Gasteiger partial charge < -0.3 is 25.2 Å². The fraction of sp³-hybridized carbons (Fsp3) is 0.174. The Labute approximate surface area is 192 Å². The highest BCUT2D eigenvalue weighted by Gasteiger charge is 2.31. The molecule has 0 saturated carbocycles. The Bertz CT molecular complexity index is 1210. The Morgan fingerprint density at radius 2 is 1.79 bits per heavy atom. The van der Waals surface area contributed by atoms with Gasteiger partial charge in [0.1, 0.15) is 17.2 Å². The van der Waals surface area contributed by atoms with Crippen molar-refractivity contribution in [2.75, 3.05) is 12.4 Å². The van der Waals surface area contributed by atoms with Crippen molar-refractivity contribution >= 4 is 17.7 Å². The first-order valence-electron chi connectivity index (χ1n) is 9.83. The van der Waals surface area contributed by atoms with E-state index < -0.39 is 23.7 Å². The second-order valence-electron chi connectivity index (χ2n) is 7.10. The van der Waals surface area contributed by atoms with Gasteiger partial charge in [0.25, 0.3) is 0 Å². The van der Waals surface area contributed by atoms with Crippen LogP contribution in [0, 0.1) is 6.92 Å². The quantitative estimate of drug-likeness (QED) is 0.432. The van der Waals surface area contributed by atoms with Crippen molar-refractivity contribution < 1.29 is 37.3 Å². The summed E-state index contributed by atoms with van der Waals surface area (Å²) in [4.78, 5) is 27.0. The maximum atomic E-state index is 13.0. The number of carbonyl (C=O) groups excluding carboxylic acids is 1. The average molecular weight is 475 g/mol. The molecule has 0 aliphatic heterocycles. The molecule has 0 radical (unpaired) electrons. The SMILES string of the molecule is COc1ccc(C(F)(F)F)cc1NC(=O)NCc1ccc(Oc2ccnc(C(=O)O)c2)c(C)c1. The number of rotatable bonds is 7. The van der Waals surface area contributed by atoms with Gasteiger partial charge in [-0.05, 0) is 48.4 Å². The number of carbonyl (C=O) groups is 2. The number of methoxy groups -OCH3 is 1. The van der Waals surface area contributed by atoms with E-state index in [0.29, 0.717) is 22.6 Å². The van der Waals surface area contributed by atoms with Crippen molar-refractivity contribution in [2.24, 2.45) is 0 Å². The van der Waals surface area contributed by atoms with E-state index in [4.69, 9.17) is 14.6 Å². The number of hydrogen-bond acceptors (Lipinski definition) is 5. The van der Waals surface area contributed by atoms with E-state index in [1.807, 2.05) is 0 Å². The van der Waals surface area contributed by atoms with Crippen LogP contribution in [0.25, 0.3) is 0 Å².